The maximum absolute atomic E-state index is 11.9. The molecule has 0 radical (unpaired) electrons. The van der Waals surface area contributed by atoms with E-state index in [2.05, 4.69) is 0 Å². The molecule has 106 valence electrons. The molecule has 0 spiro atoms. The lowest BCUT2D eigenvalue weighted by Crippen LogP contribution is -2.08. The lowest BCUT2D eigenvalue weighted by atomic mass is 10.0. The fourth-order valence-electron chi connectivity index (χ4n) is 2.18. The second-order valence-corrected chi connectivity index (χ2v) is 4.77. The van der Waals surface area contributed by atoms with E-state index < -0.39 is 19.1 Å². The summed E-state index contributed by atoms with van der Waals surface area (Å²) in [7, 11) is 0. The van der Waals surface area contributed by atoms with Crippen molar-refractivity contribution in [1.82, 2.24) is 0 Å². The van der Waals surface area contributed by atoms with Crippen LogP contribution < -0.4 is 4.74 Å². The first kappa shape index (κ1) is 14.2. The van der Waals surface area contributed by atoms with Crippen LogP contribution in [0.15, 0.2) is 18.2 Å². The van der Waals surface area contributed by atoms with Gasteiger partial charge in [0.2, 0.25) is 0 Å². The minimum atomic E-state index is -2.46. The molecule has 0 saturated carbocycles. The van der Waals surface area contributed by atoms with Crippen LogP contribution in [0.3, 0.4) is 0 Å². The van der Waals surface area contributed by atoms with Gasteiger partial charge in [-0.1, -0.05) is 6.07 Å². The second kappa shape index (κ2) is 6.30. The number of alkyl halides is 2. The first-order chi connectivity index (χ1) is 9.06. The van der Waals surface area contributed by atoms with Crippen LogP contribution in [0.1, 0.15) is 30.6 Å². The van der Waals surface area contributed by atoms with E-state index in [-0.39, 0.29) is 12.7 Å². The predicted octanol–water partition coefficient (Wildman–Crippen LogP) is 2.72. The maximum atomic E-state index is 11.9. The molecule has 0 saturated heterocycles. The monoisotopic (exact) mass is 272 g/mol. The lowest BCUT2D eigenvalue weighted by molar-refractivity contribution is 0.00481. The van der Waals surface area contributed by atoms with Crippen molar-refractivity contribution in [2.45, 2.75) is 38.4 Å². The quantitative estimate of drug-likeness (QED) is 0.809. The molecule has 0 fully saturated rings. The number of aliphatic hydroxyl groups excluding tert-OH is 1. The lowest BCUT2D eigenvalue weighted by Gasteiger charge is -2.12. The Hall–Kier alpha value is -1.20. The molecule has 1 aromatic rings. The van der Waals surface area contributed by atoms with Gasteiger partial charge in [0.1, 0.15) is 18.5 Å². The summed E-state index contributed by atoms with van der Waals surface area (Å²) in [4.78, 5) is 0. The molecule has 1 heterocycles. The molecule has 19 heavy (non-hydrogen) atoms. The fraction of sp³-hybridized carbons (Fsp3) is 0.571. The standard InChI is InChI=1S/C14H18F2O3/c1-9-6-11-7-10(2-3-13(11)19-9)12(17)4-5-18-8-14(15)16/h2-3,7,9,12,14,17H,4-6,8H2,1H3. The summed E-state index contributed by atoms with van der Waals surface area (Å²) in [6.45, 7) is 1.53. The number of aliphatic hydroxyl groups is 1. The molecule has 5 heteroatoms. The number of hydrogen-bond donors (Lipinski definition) is 1. The van der Waals surface area contributed by atoms with Gasteiger partial charge in [-0.05, 0) is 30.2 Å². The Morgan fingerprint density at radius 1 is 1.47 bits per heavy atom. The normalized spacial score (nSPS) is 19.3. The van der Waals surface area contributed by atoms with Crippen LogP contribution in [0, 0.1) is 0 Å². The first-order valence-corrected chi connectivity index (χ1v) is 6.39. The fourth-order valence-corrected chi connectivity index (χ4v) is 2.18. The Bertz CT molecular complexity index is 423. The number of hydrogen-bond acceptors (Lipinski definition) is 3. The number of rotatable bonds is 6. The summed E-state index contributed by atoms with van der Waals surface area (Å²) < 4.78 is 34.1. The smallest absolute Gasteiger partial charge is 0.261 e. The topological polar surface area (TPSA) is 38.7 Å². The molecule has 1 aliphatic heterocycles. The highest BCUT2D eigenvalue weighted by Crippen LogP contribution is 2.31. The van der Waals surface area contributed by atoms with Crippen LogP contribution in [0.5, 0.6) is 5.75 Å². The van der Waals surface area contributed by atoms with Gasteiger partial charge in [0, 0.05) is 19.4 Å². The zero-order valence-corrected chi connectivity index (χ0v) is 10.8. The summed E-state index contributed by atoms with van der Waals surface area (Å²) in [5, 5.41) is 9.97. The average Bonchev–Trinajstić information content (AvgIpc) is 2.73. The van der Waals surface area contributed by atoms with Crippen LogP contribution in [0.25, 0.3) is 0 Å². The molecule has 0 amide bonds. The highest BCUT2D eigenvalue weighted by atomic mass is 19.3. The largest absolute Gasteiger partial charge is 0.490 e. The van der Waals surface area contributed by atoms with Crippen LogP contribution in [0.4, 0.5) is 8.78 Å². The SMILES string of the molecule is CC1Cc2cc(C(O)CCOCC(F)F)ccc2O1. The van der Waals surface area contributed by atoms with E-state index in [1.54, 1.807) is 6.07 Å². The Labute approximate surface area is 111 Å². The molecular weight excluding hydrogens is 254 g/mol. The third kappa shape index (κ3) is 3.88. The van der Waals surface area contributed by atoms with Gasteiger partial charge in [0.25, 0.3) is 6.43 Å². The highest BCUT2D eigenvalue weighted by molar-refractivity contribution is 5.41. The average molecular weight is 272 g/mol. The maximum Gasteiger partial charge on any atom is 0.261 e. The molecular formula is C14H18F2O3. The van der Waals surface area contributed by atoms with Gasteiger partial charge in [-0.2, -0.15) is 0 Å². The Kier molecular flexibility index (Phi) is 4.71. The molecule has 1 aromatic carbocycles. The molecule has 2 atom stereocenters. The van der Waals surface area contributed by atoms with Crippen molar-refractivity contribution in [1.29, 1.82) is 0 Å². The highest BCUT2D eigenvalue weighted by Gasteiger charge is 2.20. The van der Waals surface area contributed by atoms with Gasteiger partial charge in [-0.25, -0.2) is 8.78 Å². The zero-order valence-electron chi connectivity index (χ0n) is 10.8. The number of ether oxygens (including phenoxy) is 2. The number of fused-ring (bicyclic) bond motifs is 1. The Morgan fingerprint density at radius 3 is 3.00 bits per heavy atom. The van der Waals surface area contributed by atoms with Crippen molar-refractivity contribution >= 4 is 0 Å². The van der Waals surface area contributed by atoms with Gasteiger partial charge in [0.05, 0.1) is 6.10 Å². The summed E-state index contributed by atoms with van der Waals surface area (Å²) in [6.07, 6.45) is -1.86. The van der Waals surface area contributed by atoms with Crippen molar-refractivity contribution < 1.29 is 23.4 Å². The van der Waals surface area contributed by atoms with Gasteiger partial charge in [-0.3, -0.25) is 0 Å². The van der Waals surface area contributed by atoms with Crippen molar-refractivity contribution in [2.75, 3.05) is 13.2 Å². The molecule has 0 aliphatic carbocycles. The summed E-state index contributed by atoms with van der Waals surface area (Å²) >= 11 is 0. The molecule has 2 rings (SSSR count). The van der Waals surface area contributed by atoms with Crippen LogP contribution >= 0.6 is 0 Å². The molecule has 0 aromatic heterocycles. The van der Waals surface area contributed by atoms with Gasteiger partial charge in [0.15, 0.2) is 0 Å². The van der Waals surface area contributed by atoms with E-state index in [1.165, 1.54) is 0 Å². The predicted molar refractivity (Wildman–Crippen MR) is 66.6 cm³/mol. The van der Waals surface area contributed by atoms with E-state index in [0.717, 1.165) is 23.3 Å². The third-order valence-electron chi connectivity index (χ3n) is 3.08. The number of halogens is 2. The Balaban J connectivity index is 1.86. The van der Waals surface area contributed by atoms with E-state index in [9.17, 15) is 13.9 Å². The van der Waals surface area contributed by atoms with Crippen LogP contribution in [-0.2, 0) is 11.2 Å². The third-order valence-corrected chi connectivity index (χ3v) is 3.08. The number of benzene rings is 1. The molecule has 1 aliphatic rings. The van der Waals surface area contributed by atoms with Gasteiger partial charge in [-0.15, -0.1) is 0 Å². The summed E-state index contributed by atoms with van der Waals surface area (Å²) in [6, 6.07) is 5.56. The van der Waals surface area contributed by atoms with E-state index in [4.69, 9.17) is 9.47 Å². The van der Waals surface area contributed by atoms with E-state index in [1.807, 2.05) is 19.1 Å². The van der Waals surface area contributed by atoms with E-state index in [0.29, 0.717) is 6.42 Å². The summed E-state index contributed by atoms with van der Waals surface area (Å²) in [5.74, 6) is 0.859. The van der Waals surface area contributed by atoms with E-state index >= 15 is 0 Å². The first-order valence-electron chi connectivity index (χ1n) is 6.39. The molecule has 2 unspecified atom stereocenters. The molecule has 0 bridgehead atoms. The van der Waals surface area contributed by atoms with Crippen LogP contribution in [0.2, 0.25) is 0 Å². The van der Waals surface area contributed by atoms with Crippen molar-refractivity contribution in [3.8, 4) is 5.75 Å². The second-order valence-electron chi connectivity index (χ2n) is 4.77. The van der Waals surface area contributed by atoms with Gasteiger partial charge >= 0.3 is 0 Å². The zero-order chi connectivity index (χ0) is 13.8. The minimum Gasteiger partial charge on any atom is -0.490 e. The van der Waals surface area contributed by atoms with Crippen molar-refractivity contribution in [3.63, 3.8) is 0 Å². The minimum absolute atomic E-state index is 0.121. The van der Waals surface area contributed by atoms with Crippen molar-refractivity contribution in [2.24, 2.45) is 0 Å². The molecule has 1 N–H and O–H groups in total. The summed E-state index contributed by atoms with van der Waals surface area (Å²) in [5.41, 5.74) is 1.86. The van der Waals surface area contributed by atoms with Crippen molar-refractivity contribution in [3.05, 3.63) is 29.3 Å². The van der Waals surface area contributed by atoms with Crippen LogP contribution in [-0.4, -0.2) is 30.8 Å². The molecule has 3 nitrogen and oxygen atoms in total. The Morgan fingerprint density at radius 2 is 2.26 bits per heavy atom. The van der Waals surface area contributed by atoms with Gasteiger partial charge < -0.3 is 14.6 Å².